The summed E-state index contributed by atoms with van der Waals surface area (Å²) in [5.41, 5.74) is -1.63. The van der Waals surface area contributed by atoms with Gasteiger partial charge in [0.25, 0.3) is 5.91 Å². The van der Waals surface area contributed by atoms with Crippen molar-refractivity contribution in [3.8, 4) is 0 Å². The quantitative estimate of drug-likeness (QED) is 0.877. The lowest BCUT2D eigenvalue weighted by Crippen LogP contribution is -2.60. The Morgan fingerprint density at radius 3 is 2.52 bits per heavy atom. The standard InChI is InChI=1S/C14H20F2N2O2S/c1-8(2)11-18-10(7-21-11)9(3)17-12(19)14(15,16)13(20)5-4-6-13/h7-9,20H,4-6H2,1-3H3,(H,17,19). The number of hydrogen-bond donors (Lipinski definition) is 2. The third kappa shape index (κ3) is 2.94. The maximum absolute atomic E-state index is 14.0. The number of aromatic nitrogens is 1. The second-order valence-corrected chi connectivity index (χ2v) is 6.81. The molecule has 1 aliphatic carbocycles. The van der Waals surface area contributed by atoms with Gasteiger partial charge < -0.3 is 10.4 Å². The summed E-state index contributed by atoms with van der Waals surface area (Å²) in [6.07, 6.45) is 0.421. The minimum absolute atomic E-state index is 0.0456. The summed E-state index contributed by atoms with van der Waals surface area (Å²) in [6, 6.07) is -0.615. The van der Waals surface area contributed by atoms with Crippen molar-refractivity contribution in [2.24, 2.45) is 0 Å². The van der Waals surface area contributed by atoms with Crippen molar-refractivity contribution in [2.75, 3.05) is 0 Å². The van der Waals surface area contributed by atoms with E-state index in [-0.39, 0.29) is 18.8 Å². The van der Waals surface area contributed by atoms with E-state index < -0.39 is 23.5 Å². The van der Waals surface area contributed by atoms with Crippen molar-refractivity contribution in [3.63, 3.8) is 0 Å². The van der Waals surface area contributed by atoms with Crippen LogP contribution in [-0.4, -0.2) is 27.5 Å². The van der Waals surface area contributed by atoms with Crippen molar-refractivity contribution < 1.29 is 18.7 Å². The highest BCUT2D eigenvalue weighted by atomic mass is 32.1. The summed E-state index contributed by atoms with van der Waals surface area (Å²) in [7, 11) is 0. The summed E-state index contributed by atoms with van der Waals surface area (Å²) in [5, 5.41) is 14.7. The average molecular weight is 318 g/mol. The molecule has 21 heavy (non-hydrogen) atoms. The summed E-state index contributed by atoms with van der Waals surface area (Å²) in [5.74, 6) is -4.95. The zero-order valence-corrected chi connectivity index (χ0v) is 13.1. The molecule has 0 aromatic carbocycles. The molecule has 2 N–H and O–H groups in total. The summed E-state index contributed by atoms with van der Waals surface area (Å²) < 4.78 is 28.0. The van der Waals surface area contributed by atoms with Crippen molar-refractivity contribution in [1.82, 2.24) is 10.3 Å². The zero-order chi connectivity index (χ0) is 15.8. The fourth-order valence-corrected chi connectivity index (χ4v) is 3.09. The van der Waals surface area contributed by atoms with Gasteiger partial charge in [-0.1, -0.05) is 13.8 Å². The fourth-order valence-electron chi connectivity index (χ4n) is 2.16. The highest BCUT2D eigenvalue weighted by Crippen LogP contribution is 2.44. The Morgan fingerprint density at radius 2 is 2.10 bits per heavy atom. The number of thiazole rings is 1. The van der Waals surface area contributed by atoms with Gasteiger partial charge >= 0.3 is 5.92 Å². The molecule has 0 saturated heterocycles. The number of nitrogens with one attached hydrogen (secondary N) is 1. The second kappa shape index (κ2) is 5.61. The molecular formula is C14H20F2N2O2S. The SMILES string of the molecule is CC(C)c1nc(C(C)NC(=O)C(F)(F)C2(O)CCC2)cs1. The smallest absolute Gasteiger partial charge is 0.352 e. The number of carbonyl (C=O) groups excluding carboxylic acids is 1. The Balaban J connectivity index is 2.04. The van der Waals surface area contributed by atoms with Crippen LogP contribution >= 0.6 is 11.3 Å². The third-order valence-corrected chi connectivity index (χ3v) is 5.04. The number of carbonyl (C=O) groups is 1. The Bertz CT molecular complexity index is 527. The fraction of sp³-hybridized carbons (Fsp3) is 0.714. The van der Waals surface area contributed by atoms with E-state index in [2.05, 4.69) is 10.3 Å². The molecule has 7 heteroatoms. The van der Waals surface area contributed by atoms with Gasteiger partial charge in [-0.25, -0.2) is 4.98 Å². The van der Waals surface area contributed by atoms with E-state index in [0.717, 1.165) is 5.01 Å². The number of halogens is 2. The summed E-state index contributed by atoms with van der Waals surface area (Å²) >= 11 is 1.44. The van der Waals surface area contributed by atoms with Crippen LogP contribution in [0.25, 0.3) is 0 Å². The number of aliphatic hydroxyl groups is 1. The van der Waals surface area contributed by atoms with Gasteiger partial charge in [0.05, 0.1) is 16.7 Å². The number of alkyl halides is 2. The van der Waals surface area contributed by atoms with Gasteiger partial charge in [0.15, 0.2) is 0 Å². The number of rotatable bonds is 5. The van der Waals surface area contributed by atoms with Crippen molar-refractivity contribution in [2.45, 2.75) is 63.5 Å². The first-order valence-corrected chi connectivity index (χ1v) is 7.92. The Labute approximate surface area is 126 Å². The first-order chi connectivity index (χ1) is 9.67. The van der Waals surface area contributed by atoms with Crippen LogP contribution in [-0.2, 0) is 4.79 Å². The molecule has 118 valence electrons. The maximum Gasteiger partial charge on any atom is 0.352 e. The molecule has 1 saturated carbocycles. The van der Waals surface area contributed by atoms with Crippen LogP contribution in [0.5, 0.6) is 0 Å². The van der Waals surface area contributed by atoms with Crippen molar-refractivity contribution >= 4 is 17.2 Å². The number of amides is 1. The minimum atomic E-state index is -3.77. The first-order valence-electron chi connectivity index (χ1n) is 7.04. The largest absolute Gasteiger partial charge is 0.383 e. The van der Waals surface area contributed by atoms with Crippen LogP contribution in [0.15, 0.2) is 5.38 Å². The van der Waals surface area contributed by atoms with Gasteiger partial charge in [0.1, 0.15) is 5.60 Å². The van der Waals surface area contributed by atoms with Crippen LogP contribution in [0.2, 0.25) is 0 Å². The van der Waals surface area contributed by atoms with Gasteiger partial charge in [-0.2, -0.15) is 8.78 Å². The molecule has 0 aliphatic heterocycles. The molecule has 1 amide bonds. The molecule has 1 aliphatic rings. The molecule has 1 aromatic heterocycles. The molecule has 1 fully saturated rings. The lowest BCUT2D eigenvalue weighted by atomic mass is 9.75. The molecule has 1 heterocycles. The van der Waals surface area contributed by atoms with Gasteiger partial charge in [0.2, 0.25) is 0 Å². The van der Waals surface area contributed by atoms with Crippen LogP contribution in [0.3, 0.4) is 0 Å². The van der Waals surface area contributed by atoms with E-state index in [0.29, 0.717) is 12.1 Å². The van der Waals surface area contributed by atoms with E-state index in [1.54, 1.807) is 12.3 Å². The maximum atomic E-state index is 14.0. The lowest BCUT2D eigenvalue weighted by Gasteiger charge is -2.41. The van der Waals surface area contributed by atoms with Gasteiger partial charge in [0, 0.05) is 11.3 Å². The first kappa shape index (κ1) is 16.3. The van der Waals surface area contributed by atoms with Crippen LogP contribution in [0.1, 0.15) is 62.7 Å². The van der Waals surface area contributed by atoms with Crippen molar-refractivity contribution in [3.05, 3.63) is 16.1 Å². The second-order valence-electron chi connectivity index (χ2n) is 5.92. The zero-order valence-electron chi connectivity index (χ0n) is 12.3. The number of nitrogens with zero attached hydrogens (tertiary/aromatic N) is 1. The van der Waals surface area contributed by atoms with E-state index >= 15 is 0 Å². The molecule has 0 radical (unpaired) electrons. The molecule has 1 atom stereocenters. The van der Waals surface area contributed by atoms with Crippen molar-refractivity contribution in [1.29, 1.82) is 0 Å². The highest BCUT2D eigenvalue weighted by Gasteiger charge is 2.61. The van der Waals surface area contributed by atoms with Crippen LogP contribution in [0, 0.1) is 0 Å². The van der Waals surface area contributed by atoms with E-state index in [1.807, 2.05) is 13.8 Å². The highest BCUT2D eigenvalue weighted by molar-refractivity contribution is 7.09. The monoisotopic (exact) mass is 318 g/mol. The Morgan fingerprint density at radius 1 is 1.48 bits per heavy atom. The van der Waals surface area contributed by atoms with Gasteiger partial charge in [-0.05, 0) is 26.2 Å². The van der Waals surface area contributed by atoms with E-state index in [4.69, 9.17) is 0 Å². The minimum Gasteiger partial charge on any atom is -0.383 e. The lowest BCUT2D eigenvalue weighted by molar-refractivity contribution is -0.216. The molecule has 4 nitrogen and oxygen atoms in total. The molecule has 1 unspecified atom stereocenters. The molecular weight excluding hydrogens is 298 g/mol. The normalized spacial score (nSPS) is 19.2. The molecule has 0 bridgehead atoms. The van der Waals surface area contributed by atoms with Gasteiger partial charge in [-0.3, -0.25) is 4.79 Å². The average Bonchev–Trinajstić information content (AvgIpc) is 2.85. The van der Waals surface area contributed by atoms with E-state index in [9.17, 15) is 18.7 Å². The summed E-state index contributed by atoms with van der Waals surface area (Å²) in [6.45, 7) is 5.59. The van der Waals surface area contributed by atoms with Gasteiger partial charge in [-0.15, -0.1) is 11.3 Å². The van der Waals surface area contributed by atoms with Crippen LogP contribution in [0.4, 0.5) is 8.78 Å². The molecule has 1 aromatic rings. The predicted molar refractivity (Wildman–Crippen MR) is 76.5 cm³/mol. The number of hydrogen-bond acceptors (Lipinski definition) is 4. The third-order valence-electron chi connectivity index (χ3n) is 3.88. The summed E-state index contributed by atoms with van der Waals surface area (Å²) in [4.78, 5) is 16.1. The predicted octanol–water partition coefficient (Wildman–Crippen LogP) is 2.99. The molecule has 2 rings (SSSR count). The Hall–Kier alpha value is -1.08. The van der Waals surface area contributed by atoms with E-state index in [1.165, 1.54) is 11.3 Å². The Kier molecular flexibility index (Phi) is 4.35. The topological polar surface area (TPSA) is 62.2 Å². The molecule has 0 spiro atoms. The van der Waals surface area contributed by atoms with Crippen LogP contribution < -0.4 is 5.32 Å².